The van der Waals surface area contributed by atoms with Crippen LogP contribution in [0.1, 0.15) is 108 Å². The van der Waals surface area contributed by atoms with Gasteiger partial charge in [-0.2, -0.15) is 0 Å². The monoisotopic (exact) mass is 491 g/mol. The first-order valence-electron chi connectivity index (χ1n) is 13.1. The zero-order valence-electron chi connectivity index (χ0n) is 21.6. The van der Waals surface area contributed by atoms with Gasteiger partial charge in [-0.1, -0.05) is 114 Å². The zero-order valence-corrected chi connectivity index (χ0v) is 22.4. The van der Waals surface area contributed by atoms with Crippen LogP contribution in [-0.4, -0.2) is 34.4 Å². The predicted molar refractivity (Wildman–Crippen MR) is 144 cm³/mol. The van der Waals surface area contributed by atoms with Crippen LogP contribution >= 0.6 is 11.8 Å². The van der Waals surface area contributed by atoms with Crippen molar-refractivity contribution in [2.24, 2.45) is 0 Å². The second-order valence-corrected chi connectivity index (χ2v) is 10.3. The normalized spacial score (nSPS) is 10.9. The Balaban J connectivity index is 2.21. The van der Waals surface area contributed by atoms with E-state index in [-0.39, 0.29) is 16.8 Å². The Bertz CT molecular complexity index is 730. The van der Waals surface area contributed by atoms with Crippen molar-refractivity contribution in [2.45, 2.75) is 111 Å². The number of benzene rings is 1. The number of amides is 1. The minimum atomic E-state index is -1.07. The summed E-state index contributed by atoms with van der Waals surface area (Å²) >= 11 is 1.01. The van der Waals surface area contributed by atoms with Crippen LogP contribution < -0.4 is 4.90 Å². The van der Waals surface area contributed by atoms with Gasteiger partial charge in [-0.05, 0) is 31.4 Å². The molecule has 5 nitrogen and oxygen atoms in total. The van der Waals surface area contributed by atoms with Crippen LogP contribution in [0.3, 0.4) is 0 Å². The largest absolute Gasteiger partial charge is 0.480 e. The zero-order chi connectivity index (χ0) is 25.2. The molecule has 0 aromatic heterocycles. The highest BCUT2D eigenvalue weighted by Crippen LogP contribution is 2.25. The third-order valence-electron chi connectivity index (χ3n) is 6.14. The maximum Gasteiger partial charge on any atom is 0.323 e. The smallest absolute Gasteiger partial charge is 0.323 e. The van der Waals surface area contributed by atoms with E-state index in [2.05, 4.69) is 6.92 Å². The van der Waals surface area contributed by atoms with Crippen molar-refractivity contribution in [1.29, 1.82) is 0 Å². The van der Waals surface area contributed by atoms with Crippen molar-refractivity contribution in [3.63, 3.8) is 0 Å². The van der Waals surface area contributed by atoms with Gasteiger partial charge >= 0.3 is 5.97 Å². The van der Waals surface area contributed by atoms with E-state index in [9.17, 15) is 19.5 Å². The molecule has 0 aliphatic rings. The molecule has 34 heavy (non-hydrogen) atoms. The van der Waals surface area contributed by atoms with Crippen molar-refractivity contribution in [3.8, 4) is 0 Å². The molecule has 1 rings (SSSR count). The summed E-state index contributed by atoms with van der Waals surface area (Å²) in [5.41, 5.74) is 2.32. The molecule has 192 valence electrons. The lowest BCUT2D eigenvalue weighted by molar-refractivity contribution is -0.136. The Morgan fingerprint density at radius 2 is 1.26 bits per heavy atom. The van der Waals surface area contributed by atoms with Crippen molar-refractivity contribution >= 4 is 34.4 Å². The fourth-order valence-corrected chi connectivity index (χ4v) is 4.97. The van der Waals surface area contributed by atoms with Crippen molar-refractivity contribution in [1.82, 2.24) is 0 Å². The summed E-state index contributed by atoms with van der Waals surface area (Å²) in [7, 11) is 0. The number of unbranched alkanes of at least 4 members (excludes halogenated alkanes) is 12. The van der Waals surface area contributed by atoms with Crippen LogP contribution in [0, 0.1) is 13.8 Å². The predicted octanol–water partition coefficient (Wildman–Crippen LogP) is 7.46. The average Bonchev–Trinajstić information content (AvgIpc) is 2.79. The molecule has 1 amide bonds. The van der Waals surface area contributed by atoms with E-state index in [1.54, 1.807) is 0 Å². The van der Waals surface area contributed by atoms with Gasteiger partial charge in [0.05, 0.1) is 11.4 Å². The standard InChI is InChI=1S/C28H45NO4S/c1-4-5-6-7-8-9-10-11-12-13-14-15-16-20-27(33)34-22-25(30)29(21-26(31)32)28-23(2)18-17-19-24(28)3/h17-19H,4-16,20-22H2,1-3H3,(H,31,32). The molecule has 0 bridgehead atoms. The SMILES string of the molecule is CCCCCCCCCCCCCCCC(=O)SCC(=O)N(CC(=O)O)c1c(C)cccc1C. The Kier molecular flexibility index (Phi) is 16.4. The van der Waals surface area contributed by atoms with E-state index < -0.39 is 12.5 Å². The van der Waals surface area contributed by atoms with Crippen LogP contribution in [-0.2, 0) is 14.4 Å². The molecule has 1 aromatic rings. The quantitative estimate of drug-likeness (QED) is 0.203. The van der Waals surface area contributed by atoms with E-state index in [1.165, 1.54) is 69.1 Å². The molecule has 0 radical (unpaired) electrons. The Hall–Kier alpha value is -1.82. The molecule has 0 fully saturated rings. The number of rotatable bonds is 19. The number of carboxylic acids is 1. The Morgan fingerprint density at radius 1 is 0.794 bits per heavy atom. The summed E-state index contributed by atoms with van der Waals surface area (Å²) in [6.07, 6.45) is 16.9. The number of carboxylic acid groups (broad SMARTS) is 1. The van der Waals surface area contributed by atoms with Crippen LogP contribution in [0.5, 0.6) is 0 Å². The first-order chi connectivity index (χ1) is 16.4. The average molecular weight is 492 g/mol. The summed E-state index contributed by atoms with van der Waals surface area (Å²) in [6, 6.07) is 5.60. The second-order valence-electron chi connectivity index (χ2n) is 9.27. The third kappa shape index (κ3) is 13.2. The number of thioether (sulfide) groups is 1. The van der Waals surface area contributed by atoms with Gasteiger partial charge in [0.2, 0.25) is 5.91 Å². The van der Waals surface area contributed by atoms with E-state index in [1.807, 2.05) is 32.0 Å². The highest BCUT2D eigenvalue weighted by molar-refractivity contribution is 8.14. The summed E-state index contributed by atoms with van der Waals surface area (Å²) in [6.45, 7) is 5.56. The van der Waals surface area contributed by atoms with E-state index >= 15 is 0 Å². The molecule has 6 heteroatoms. The molecule has 1 N–H and O–H groups in total. The van der Waals surface area contributed by atoms with Gasteiger partial charge in [0.25, 0.3) is 0 Å². The van der Waals surface area contributed by atoms with Gasteiger partial charge in [-0.15, -0.1) is 0 Å². The summed E-state index contributed by atoms with van der Waals surface area (Å²) in [5.74, 6) is -1.44. The Morgan fingerprint density at radius 3 is 1.74 bits per heavy atom. The number of hydrogen-bond acceptors (Lipinski definition) is 4. The number of nitrogens with zero attached hydrogens (tertiary/aromatic N) is 1. The maximum atomic E-state index is 12.8. The lowest BCUT2D eigenvalue weighted by Gasteiger charge is -2.24. The molecule has 0 heterocycles. The number of carbonyl (C=O) groups is 3. The highest BCUT2D eigenvalue weighted by atomic mass is 32.2. The Labute approximate surface area is 211 Å². The highest BCUT2D eigenvalue weighted by Gasteiger charge is 2.22. The topological polar surface area (TPSA) is 74.7 Å². The first kappa shape index (κ1) is 30.2. The van der Waals surface area contributed by atoms with Gasteiger partial charge in [0.1, 0.15) is 6.54 Å². The van der Waals surface area contributed by atoms with Crippen molar-refractivity contribution in [3.05, 3.63) is 29.3 Å². The maximum absolute atomic E-state index is 12.8. The minimum Gasteiger partial charge on any atom is -0.480 e. The molecule has 0 atom stereocenters. The number of anilines is 1. The van der Waals surface area contributed by atoms with Gasteiger partial charge in [-0.25, -0.2) is 0 Å². The number of carbonyl (C=O) groups excluding carboxylic acids is 2. The molecule has 0 spiro atoms. The molecule has 0 aliphatic carbocycles. The van der Waals surface area contributed by atoms with Crippen molar-refractivity contribution in [2.75, 3.05) is 17.2 Å². The van der Waals surface area contributed by atoms with E-state index in [0.29, 0.717) is 12.1 Å². The number of aliphatic carboxylic acids is 1. The lowest BCUT2D eigenvalue weighted by atomic mass is 10.0. The molecule has 0 saturated carbocycles. The van der Waals surface area contributed by atoms with Gasteiger partial charge in [0, 0.05) is 6.42 Å². The molecule has 1 aromatic carbocycles. The summed E-state index contributed by atoms with van der Waals surface area (Å²) < 4.78 is 0. The van der Waals surface area contributed by atoms with Crippen LogP contribution in [0.2, 0.25) is 0 Å². The van der Waals surface area contributed by atoms with Crippen LogP contribution in [0.4, 0.5) is 5.69 Å². The number of aryl methyl sites for hydroxylation is 2. The molecular formula is C28H45NO4S. The number of hydrogen-bond donors (Lipinski definition) is 1. The molecule has 0 saturated heterocycles. The number of para-hydroxylation sites is 1. The van der Waals surface area contributed by atoms with Gasteiger partial charge in [0.15, 0.2) is 5.12 Å². The third-order valence-corrected chi connectivity index (χ3v) is 7.06. The van der Waals surface area contributed by atoms with Gasteiger partial charge in [-0.3, -0.25) is 19.3 Å². The van der Waals surface area contributed by atoms with E-state index in [4.69, 9.17) is 0 Å². The summed E-state index contributed by atoms with van der Waals surface area (Å²) in [4.78, 5) is 37.6. The van der Waals surface area contributed by atoms with Crippen LogP contribution in [0.15, 0.2) is 18.2 Å². The minimum absolute atomic E-state index is 0.00760. The fourth-order valence-electron chi connectivity index (χ4n) is 4.24. The fraction of sp³-hybridized carbons (Fsp3) is 0.679. The molecular weight excluding hydrogens is 446 g/mol. The first-order valence-corrected chi connectivity index (χ1v) is 14.1. The van der Waals surface area contributed by atoms with Crippen LogP contribution in [0.25, 0.3) is 0 Å². The molecule has 0 aliphatic heterocycles. The summed E-state index contributed by atoms with van der Waals surface area (Å²) in [5, 5.41) is 9.28. The van der Waals surface area contributed by atoms with Crippen molar-refractivity contribution < 1.29 is 19.5 Å². The van der Waals surface area contributed by atoms with E-state index in [0.717, 1.165) is 42.2 Å². The van der Waals surface area contributed by atoms with Gasteiger partial charge < -0.3 is 5.11 Å². The lowest BCUT2D eigenvalue weighted by Crippen LogP contribution is -2.38. The molecule has 0 unspecified atom stereocenters. The second kappa shape index (κ2) is 18.5.